The van der Waals surface area contributed by atoms with E-state index in [0.29, 0.717) is 5.56 Å². The molecule has 0 saturated heterocycles. The van der Waals surface area contributed by atoms with Crippen LogP contribution in [0, 0.1) is 0 Å². The topological polar surface area (TPSA) is 0 Å². The molecule has 0 amide bonds. The second-order valence-corrected chi connectivity index (χ2v) is 6.07. The van der Waals surface area contributed by atoms with Gasteiger partial charge in [-0.25, -0.2) is 4.39 Å². The number of benzene rings is 2. The lowest BCUT2D eigenvalue weighted by Gasteiger charge is -2.05. The minimum atomic E-state index is -0.106. The zero-order valence-electron chi connectivity index (χ0n) is 14.3. The maximum Gasteiger partial charge on any atom is 0.126 e. The summed E-state index contributed by atoms with van der Waals surface area (Å²) in [6.07, 6.45) is 8.21. The summed E-state index contributed by atoms with van der Waals surface area (Å²) in [7, 11) is 0. The van der Waals surface area contributed by atoms with Crippen LogP contribution in [0.1, 0.15) is 57.1 Å². The first kappa shape index (κ1) is 17.5. The van der Waals surface area contributed by atoms with Crippen LogP contribution >= 0.6 is 0 Å². The number of aryl methyl sites for hydroxylation is 1. The number of hydrogen-bond donors (Lipinski definition) is 0. The molecule has 0 nitrogen and oxygen atoms in total. The van der Waals surface area contributed by atoms with Gasteiger partial charge < -0.3 is 0 Å². The largest absolute Gasteiger partial charge is 0.207 e. The molecule has 0 heterocycles. The third-order valence-electron chi connectivity index (χ3n) is 4.12. The predicted molar refractivity (Wildman–Crippen MR) is 99.1 cm³/mol. The maximum atomic E-state index is 14.1. The van der Waals surface area contributed by atoms with E-state index in [-0.39, 0.29) is 5.83 Å². The average molecular weight is 310 g/mol. The molecule has 0 spiro atoms. The van der Waals surface area contributed by atoms with E-state index in [9.17, 15) is 4.39 Å². The molecule has 0 bridgehead atoms. The molecule has 0 radical (unpaired) electrons. The van der Waals surface area contributed by atoms with Crippen molar-refractivity contribution in [3.05, 3.63) is 65.7 Å². The molecule has 0 aromatic heterocycles. The number of unbranched alkanes of at least 4 members (excludes halogenated alkanes) is 3. The lowest BCUT2D eigenvalue weighted by atomic mass is 10.0. The van der Waals surface area contributed by atoms with Gasteiger partial charge in [0, 0.05) is 5.56 Å². The molecule has 23 heavy (non-hydrogen) atoms. The van der Waals surface area contributed by atoms with Crippen LogP contribution in [-0.2, 0) is 6.42 Å². The van der Waals surface area contributed by atoms with E-state index >= 15 is 0 Å². The van der Waals surface area contributed by atoms with Crippen molar-refractivity contribution in [2.75, 3.05) is 0 Å². The Kier molecular flexibility index (Phi) is 7.06. The van der Waals surface area contributed by atoms with Gasteiger partial charge in [0.1, 0.15) is 5.83 Å². The van der Waals surface area contributed by atoms with Crippen molar-refractivity contribution in [1.29, 1.82) is 0 Å². The van der Waals surface area contributed by atoms with Gasteiger partial charge in [0.15, 0.2) is 0 Å². The van der Waals surface area contributed by atoms with Crippen LogP contribution in [0.5, 0.6) is 0 Å². The van der Waals surface area contributed by atoms with Gasteiger partial charge in [0.25, 0.3) is 0 Å². The first-order chi connectivity index (χ1) is 11.2. The third-order valence-corrected chi connectivity index (χ3v) is 4.12. The molecule has 122 valence electrons. The van der Waals surface area contributed by atoms with E-state index in [0.717, 1.165) is 37.7 Å². The summed E-state index contributed by atoms with van der Waals surface area (Å²) in [5.74, 6) is -0.106. The summed E-state index contributed by atoms with van der Waals surface area (Å²) in [6.45, 7) is 4.35. The van der Waals surface area contributed by atoms with Crippen LogP contribution in [0.15, 0.2) is 54.6 Å². The SMILES string of the molecule is CCCCCC=C(F)c1ccc(-c2ccc(CCC)cc2)cc1. The van der Waals surface area contributed by atoms with Crippen LogP contribution in [0.3, 0.4) is 0 Å². The van der Waals surface area contributed by atoms with Crippen LogP contribution in [0.2, 0.25) is 0 Å². The van der Waals surface area contributed by atoms with Gasteiger partial charge in [0.2, 0.25) is 0 Å². The molecular formula is C22H27F. The van der Waals surface area contributed by atoms with Crippen molar-refractivity contribution in [1.82, 2.24) is 0 Å². The van der Waals surface area contributed by atoms with Crippen LogP contribution in [-0.4, -0.2) is 0 Å². The minimum Gasteiger partial charge on any atom is -0.207 e. The van der Waals surface area contributed by atoms with Crippen molar-refractivity contribution in [3.63, 3.8) is 0 Å². The summed E-state index contributed by atoms with van der Waals surface area (Å²) < 4.78 is 14.1. The van der Waals surface area contributed by atoms with Crippen LogP contribution < -0.4 is 0 Å². The van der Waals surface area contributed by atoms with Gasteiger partial charge in [-0.1, -0.05) is 81.6 Å². The van der Waals surface area contributed by atoms with Crippen LogP contribution in [0.4, 0.5) is 4.39 Å². The molecule has 2 aromatic carbocycles. The van der Waals surface area contributed by atoms with E-state index in [2.05, 4.69) is 38.1 Å². The van der Waals surface area contributed by atoms with E-state index in [1.165, 1.54) is 17.5 Å². The third kappa shape index (κ3) is 5.35. The Bertz CT molecular complexity index is 605. The normalized spacial score (nSPS) is 11.7. The van der Waals surface area contributed by atoms with Crippen molar-refractivity contribution in [2.45, 2.75) is 52.4 Å². The highest BCUT2D eigenvalue weighted by Crippen LogP contribution is 2.24. The second kappa shape index (κ2) is 9.29. The maximum absolute atomic E-state index is 14.1. The highest BCUT2D eigenvalue weighted by molar-refractivity contribution is 5.67. The van der Waals surface area contributed by atoms with Crippen molar-refractivity contribution >= 4 is 5.83 Å². The number of hydrogen-bond acceptors (Lipinski definition) is 0. The molecule has 2 aromatic rings. The molecule has 0 aliphatic heterocycles. The second-order valence-electron chi connectivity index (χ2n) is 6.07. The Hall–Kier alpha value is -1.89. The predicted octanol–water partition coefficient (Wildman–Crippen LogP) is 7.20. The molecule has 0 unspecified atom stereocenters. The van der Waals surface area contributed by atoms with Gasteiger partial charge in [-0.2, -0.15) is 0 Å². The van der Waals surface area contributed by atoms with Crippen molar-refractivity contribution < 1.29 is 4.39 Å². The number of halogens is 1. The highest BCUT2D eigenvalue weighted by atomic mass is 19.1. The number of allylic oxidation sites excluding steroid dienone is 1. The molecule has 0 aliphatic rings. The average Bonchev–Trinajstić information content (AvgIpc) is 2.60. The van der Waals surface area contributed by atoms with E-state index < -0.39 is 0 Å². The van der Waals surface area contributed by atoms with Gasteiger partial charge in [-0.3, -0.25) is 0 Å². The standard InChI is InChI=1S/C22H27F/c1-3-5-6-7-9-22(23)21-16-14-20(15-17-21)19-12-10-18(8-4-2)11-13-19/h9-17H,3-8H2,1-2H3. The Balaban J connectivity index is 2.03. The van der Waals surface area contributed by atoms with Gasteiger partial charge in [-0.15, -0.1) is 0 Å². The summed E-state index contributed by atoms with van der Waals surface area (Å²) in [4.78, 5) is 0. The van der Waals surface area contributed by atoms with E-state index in [4.69, 9.17) is 0 Å². The summed E-state index contributed by atoms with van der Waals surface area (Å²) in [5, 5.41) is 0. The number of rotatable bonds is 8. The summed E-state index contributed by atoms with van der Waals surface area (Å²) in [5.41, 5.74) is 4.36. The summed E-state index contributed by atoms with van der Waals surface area (Å²) in [6, 6.07) is 16.4. The fourth-order valence-corrected chi connectivity index (χ4v) is 2.72. The Labute approximate surface area is 140 Å². The molecule has 2 rings (SSSR count). The fraction of sp³-hybridized carbons (Fsp3) is 0.364. The zero-order chi connectivity index (χ0) is 16.5. The van der Waals surface area contributed by atoms with E-state index in [1.807, 2.05) is 24.3 Å². The van der Waals surface area contributed by atoms with E-state index in [1.54, 1.807) is 6.08 Å². The molecule has 0 N–H and O–H groups in total. The zero-order valence-corrected chi connectivity index (χ0v) is 14.3. The quantitative estimate of drug-likeness (QED) is 0.452. The Morgan fingerprint density at radius 1 is 0.826 bits per heavy atom. The van der Waals surface area contributed by atoms with Crippen molar-refractivity contribution in [3.8, 4) is 11.1 Å². The summed E-state index contributed by atoms with van der Waals surface area (Å²) >= 11 is 0. The van der Waals surface area contributed by atoms with Crippen LogP contribution in [0.25, 0.3) is 17.0 Å². The molecule has 0 fully saturated rings. The lowest BCUT2D eigenvalue weighted by molar-refractivity contribution is 0.712. The molecule has 0 atom stereocenters. The smallest absolute Gasteiger partial charge is 0.126 e. The fourth-order valence-electron chi connectivity index (χ4n) is 2.72. The molecule has 0 saturated carbocycles. The molecule has 1 heteroatoms. The molecule has 0 aliphatic carbocycles. The van der Waals surface area contributed by atoms with Crippen molar-refractivity contribution in [2.24, 2.45) is 0 Å². The monoisotopic (exact) mass is 310 g/mol. The molecular weight excluding hydrogens is 283 g/mol. The van der Waals surface area contributed by atoms with Gasteiger partial charge >= 0.3 is 0 Å². The Morgan fingerprint density at radius 3 is 2.00 bits per heavy atom. The van der Waals surface area contributed by atoms with Gasteiger partial charge in [-0.05, 0) is 42.0 Å². The first-order valence-corrected chi connectivity index (χ1v) is 8.80. The highest BCUT2D eigenvalue weighted by Gasteiger charge is 2.02. The van der Waals surface area contributed by atoms with Gasteiger partial charge in [0.05, 0.1) is 0 Å². The Morgan fingerprint density at radius 2 is 1.43 bits per heavy atom. The lowest BCUT2D eigenvalue weighted by Crippen LogP contribution is -1.85. The minimum absolute atomic E-state index is 0.106. The first-order valence-electron chi connectivity index (χ1n) is 8.80.